The van der Waals surface area contributed by atoms with Crippen molar-refractivity contribution in [2.45, 2.75) is 32.6 Å². The topological polar surface area (TPSA) is 102 Å². The first kappa shape index (κ1) is 31.2. The number of likely N-dealkylation sites (tertiary alicyclic amines) is 1. The van der Waals surface area contributed by atoms with Gasteiger partial charge in [-0.3, -0.25) is 14.6 Å². The predicted octanol–water partition coefficient (Wildman–Crippen LogP) is 6.78. The van der Waals surface area contributed by atoms with E-state index in [9.17, 15) is 14.0 Å². The molecule has 0 atom stereocenters. The Morgan fingerprint density at radius 3 is 2.24 bits per heavy atom. The fourth-order valence-electron chi connectivity index (χ4n) is 5.66. The van der Waals surface area contributed by atoms with E-state index in [-0.39, 0.29) is 11.4 Å². The lowest BCUT2D eigenvalue weighted by molar-refractivity contribution is -0.131. The number of aromatic nitrogens is 1. The van der Waals surface area contributed by atoms with Crippen molar-refractivity contribution in [3.8, 4) is 23.0 Å². The van der Waals surface area contributed by atoms with Gasteiger partial charge < -0.3 is 29.7 Å². The molecule has 2 amide bonds. The number of carbonyl (C=O) groups excluding carboxylic acids is 2. The van der Waals surface area contributed by atoms with Crippen molar-refractivity contribution in [1.29, 1.82) is 0 Å². The summed E-state index contributed by atoms with van der Waals surface area (Å²) < 4.78 is 46.2. The summed E-state index contributed by atoms with van der Waals surface area (Å²) in [6, 6.07) is 14.5. The van der Waals surface area contributed by atoms with Gasteiger partial charge in [-0.05, 0) is 99.8 Å². The average Bonchev–Trinajstić information content (AvgIpc) is 3.89. The number of ether oxygens (including phenoxy) is 3. The second-order valence-electron chi connectivity index (χ2n) is 11.8. The lowest BCUT2D eigenvalue weighted by Crippen LogP contribution is -2.35. The molecule has 1 aromatic heterocycles. The quantitative estimate of drug-likeness (QED) is 0.176. The highest BCUT2D eigenvalue weighted by atomic mass is 19.1. The van der Waals surface area contributed by atoms with Gasteiger partial charge in [-0.15, -0.1) is 0 Å². The molecular formula is C35H36F2N4O5. The Kier molecular flexibility index (Phi) is 9.03. The van der Waals surface area contributed by atoms with Crippen molar-refractivity contribution in [2.75, 3.05) is 44.0 Å². The van der Waals surface area contributed by atoms with Gasteiger partial charge in [-0.2, -0.15) is 0 Å². The number of piperidine rings is 1. The Balaban J connectivity index is 1.12. The molecule has 2 aliphatic rings. The smallest absolute Gasteiger partial charge is 0.240 e. The zero-order valence-corrected chi connectivity index (χ0v) is 25.8. The summed E-state index contributed by atoms with van der Waals surface area (Å²) in [6.45, 7) is 5.97. The van der Waals surface area contributed by atoms with Gasteiger partial charge in [0.15, 0.2) is 23.1 Å². The van der Waals surface area contributed by atoms with E-state index in [1.807, 2.05) is 0 Å². The first-order chi connectivity index (χ1) is 22.3. The standard InChI is InChI=1S/C35H36F2N4O5/c1-3-41-16-11-22(12-17-41)21-45-32-20-28-26(19-31(32)44-2)29(10-15-38-28)46-30-9-8-25(18-27(30)37)40-34(43)35(13-14-35)33(42)39-24-6-4-23(36)5-7-24/h4-10,15,18-20,22H,3,11-14,16-17,21H2,1-2H3,(H,39,42)(H,40,43). The van der Waals surface area contributed by atoms with Crippen LogP contribution in [0.3, 0.4) is 0 Å². The molecule has 0 spiro atoms. The van der Waals surface area contributed by atoms with E-state index in [0.29, 0.717) is 59.2 Å². The van der Waals surface area contributed by atoms with E-state index in [4.69, 9.17) is 14.2 Å². The van der Waals surface area contributed by atoms with Crippen LogP contribution in [0.5, 0.6) is 23.0 Å². The van der Waals surface area contributed by atoms with Crippen LogP contribution < -0.4 is 24.8 Å². The van der Waals surface area contributed by atoms with Crippen LogP contribution >= 0.6 is 0 Å². The molecule has 11 heteroatoms. The monoisotopic (exact) mass is 630 g/mol. The van der Waals surface area contributed by atoms with E-state index < -0.39 is 28.9 Å². The minimum atomic E-state index is -1.27. The van der Waals surface area contributed by atoms with Crippen LogP contribution in [0.1, 0.15) is 32.6 Å². The van der Waals surface area contributed by atoms with Gasteiger partial charge in [-0.1, -0.05) is 6.92 Å². The Hall–Kier alpha value is -4.77. The number of nitrogens with zero attached hydrogens (tertiary/aromatic N) is 2. The molecule has 3 aromatic carbocycles. The molecule has 2 heterocycles. The first-order valence-corrected chi connectivity index (χ1v) is 15.5. The number of benzene rings is 3. The highest BCUT2D eigenvalue weighted by Crippen LogP contribution is 2.48. The van der Waals surface area contributed by atoms with Crippen LogP contribution in [0.2, 0.25) is 0 Å². The summed E-state index contributed by atoms with van der Waals surface area (Å²) >= 11 is 0. The van der Waals surface area contributed by atoms with Crippen LogP contribution in [0, 0.1) is 23.0 Å². The molecule has 2 N–H and O–H groups in total. The normalized spacial score (nSPS) is 16.1. The zero-order chi connectivity index (χ0) is 32.3. The molecule has 0 radical (unpaired) electrons. The molecule has 1 saturated heterocycles. The Morgan fingerprint density at radius 1 is 0.891 bits per heavy atom. The third-order valence-corrected chi connectivity index (χ3v) is 8.75. The summed E-state index contributed by atoms with van der Waals surface area (Å²) in [6.07, 6.45) is 4.44. The molecule has 9 nitrogen and oxygen atoms in total. The van der Waals surface area contributed by atoms with Crippen molar-refractivity contribution in [3.05, 3.63) is 78.5 Å². The third kappa shape index (κ3) is 6.74. The van der Waals surface area contributed by atoms with Crippen LogP contribution in [0.4, 0.5) is 20.2 Å². The van der Waals surface area contributed by atoms with Crippen molar-refractivity contribution < 1.29 is 32.6 Å². The molecule has 1 aliphatic carbocycles. The summed E-state index contributed by atoms with van der Waals surface area (Å²) in [7, 11) is 1.57. The lowest BCUT2D eigenvalue weighted by Gasteiger charge is -2.30. The fraction of sp³-hybridized carbons (Fsp3) is 0.343. The molecule has 240 valence electrons. The highest BCUT2D eigenvalue weighted by molar-refractivity contribution is 6.16. The molecular weight excluding hydrogens is 594 g/mol. The molecule has 1 saturated carbocycles. The number of methoxy groups -OCH3 is 1. The number of carbonyl (C=O) groups is 2. The molecule has 46 heavy (non-hydrogen) atoms. The number of hydrogen-bond donors (Lipinski definition) is 2. The van der Waals surface area contributed by atoms with Crippen molar-refractivity contribution >= 4 is 34.1 Å². The SMILES string of the molecule is CCN1CCC(COc2cc3nccc(Oc4ccc(NC(=O)C5(C(=O)Nc6ccc(F)cc6)CC5)cc4F)c3cc2OC)CC1. The van der Waals surface area contributed by atoms with Gasteiger partial charge in [0.25, 0.3) is 0 Å². The summed E-state index contributed by atoms with van der Waals surface area (Å²) in [5.74, 6) is -0.295. The van der Waals surface area contributed by atoms with E-state index in [1.54, 1.807) is 31.5 Å². The third-order valence-electron chi connectivity index (χ3n) is 8.75. The van der Waals surface area contributed by atoms with Gasteiger partial charge in [0.05, 0.1) is 19.2 Å². The van der Waals surface area contributed by atoms with Crippen LogP contribution in [-0.2, 0) is 9.59 Å². The number of anilines is 2. The Labute approximate surface area is 265 Å². The molecule has 6 rings (SSSR count). The maximum absolute atomic E-state index is 15.3. The zero-order valence-electron chi connectivity index (χ0n) is 25.8. The molecule has 1 aliphatic heterocycles. The van der Waals surface area contributed by atoms with E-state index in [2.05, 4.69) is 27.4 Å². The summed E-state index contributed by atoms with van der Waals surface area (Å²) in [5, 5.41) is 5.91. The van der Waals surface area contributed by atoms with Gasteiger partial charge in [0.2, 0.25) is 11.8 Å². The second kappa shape index (κ2) is 13.3. The largest absolute Gasteiger partial charge is 0.493 e. The van der Waals surface area contributed by atoms with Crippen molar-refractivity contribution in [3.63, 3.8) is 0 Å². The maximum Gasteiger partial charge on any atom is 0.240 e. The van der Waals surface area contributed by atoms with Gasteiger partial charge in [-0.25, -0.2) is 8.78 Å². The van der Waals surface area contributed by atoms with E-state index >= 15 is 4.39 Å². The fourth-order valence-corrected chi connectivity index (χ4v) is 5.66. The summed E-state index contributed by atoms with van der Waals surface area (Å²) in [4.78, 5) is 32.8. The minimum Gasteiger partial charge on any atom is -0.493 e. The molecule has 0 unspecified atom stereocenters. The second-order valence-corrected chi connectivity index (χ2v) is 11.8. The average molecular weight is 631 g/mol. The van der Waals surface area contributed by atoms with Crippen LogP contribution in [-0.4, -0.2) is 55.0 Å². The predicted molar refractivity (Wildman–Crippen MR) is 170 cm³/mol. The van der Waals surface area contributed by atoms with E-state index in [1.165, 1.54) is 36.4 Å². The van der Waals surface area contributed by atoms with Crippen LogP contribution in [0.25, 0.3) is 10.9 Å². The van der Waals surface area contributed by atoms with Crippen molar-refractivity contribution in [1.82, 2.24) is 9.88 Å². The van der Waals surface area contributed by atoms with E-state index in [0.717, 1.165) is 38.5 Å². The number of amides is 2. The molecule has 2 fully saturated rings. The maximum atomic E-state index is 15.3. The van der Waals surface area contributed by atoms with Crippen LogP contribution in [0.15, 0.2) is 66.9 Å². The first-order valence-electron chi connectivity index (χ1n) is 15.5. The van der Waals surface area contributed by atoms with Gasteiger partial charge in [0.1, 0.15) is 17.0 Å². The van der Waals surface area contributed by atoms with Gasteiger partial charge >= 0.3 is 0 Å². The Bertz CT molecular complexity index is 1740. The highest BCUT2D eigenvalue weighted by Gasteiger charge is 2.56. The minimum absolute atomic E-state index is 0.0570. The van der Waals surface area contributed by atoms with Gasteiger partial charge in [0, 0.05) is 35.1 Å². The lowest BCUT2D eigenvalue weighted by atomic mass is 9.98. The molecule has 4 aromatic rings. The summed E-state index contributed by atoms with van der Waals surface area (Å²) in [5.41, 5.74) is -0.109. The molecule has 0 bridgehead atoms. The number of fused-ring (bicyclic) bond motifs is 1. The number of pyridine rings is 1. The Morgan fingerprint density at radius 2 is 1.59 bits per heavy atom. The number of hydrogen-bond acceptors (Lipinski definition) is 7. The number of nitrogens with one attached hydrogen (secondary N) is 2. The number of halogens is 2. The van der Waals surface area contributed by atoms with Crippen molar-refractivity contribution in [2.24, 2.45) is 11.3 Å². The number of rotatable bonds is 11.